The third-order valence-corrected chi connectivity index (χ3v) is 5.99. The van der Waals surface area contributed by atoms with Crippen LogP contribution in [0.25, 0.3) is 0 Å². The van der Waals surface area contributed by atoms with E-state index < -0.39 is 0 Å². The number of amides is 1. The molecule has 4 nitrogen and oxygen atoms in total. The first-order chi connectivity index (χ1) is 9.25. The van der Waals surface area contributed by atoms with Crippen LogP contribution in [0.2, 0.25) is 0 Å². The molecule has 104 valence electrons. The molecule has 0 saturated carbocycles. The fourth-order valence-electron chi connectivity index (χ4n) is 2.62. The second-order valence-electron chi connectivity index (χ2n) is 5.03. The van der Waals surface area contributed by atoms with Crippen molar-refractivity contribution in [1.82, 2.24) is 10.6 Å². The van der Waals surface area contributed by atoms with E-state index in [9.17, 15) is 9.90 Å². The van der Waals surface area contributed by atoms with Crippen molar-refractivity contribution in [2.24, 2.45) is 5.92 Å². The van der Waals surface area contributed by atoms with E-state index in [-0.39, 0.29) is 23.2 Å². The minimum atomic E-state index is -0.337. The summed E-state index contributed by atoms with van der Waals surface area (Å²) < 4.78 is 0. The van der Waals surface area contributed by atoms with Gasteiger partial charge < -0.3 is 15.7 Å². The standard InChI is InChI=1S/C13H18N2O2S2/c16-10-7-14-5-8(10)6-15-13(17)12-9-1-3-18-11(9)2-4-19-12/h1,3,8,10,12,14,16H,2,4-7H2,(H,15,17). The van der Waals surface area contributed by atoms with Crippen molar-refractivity contribution in [2.45, 2.75) is 17.8 Å². The van der Waals surface area contributed by atoms with Gasteiger partial charge in [-0.3, -0.25) is 4.79 Å². The van der Waals surface area contributed by atoms with Gasteiger partial charge in [-0.25, -0.2) is 0 Å². The van der Waals surface area contributed by atoms with Crippen LogP contribution in [0.5, 0.6) is 0 Å². The minimum absolute atomic E-state index is 0.0681. The van der Waals surface area contributed by atoms with Crippen LogP contribution < -0.4 is 10.6 Å². The lowest BCUT2D eigenvalue weighted by atomic mass is 10.1. The second kappa shape index (κ2) is 5.83. The third kappa shape index (κ3) is 2.81. The molecule has 2 aliphatic rings. The number of hydrogen-bond acceptors (Lipinski definition) is 5. The van der Waals surface area contributed by atoms with Gasteiger partial charge in [0.05, 0.1) is 6.10 Å². The predicted molar refractivity (Wildman–Crippen MR) is 78.6 cm³/mol. The Bertz CT molecular complexity index is 463. The Labute approximate surface area is 121 Å². The lowest BCUT2D eigenvalue weighted by Crippen LogP contribution is -2.37. The molecule has 0 aromatic carbocycles. The van der Waals surface area contributed by atoms with Gasteiger partial charge in [-0.1, -0.05) is 0 Å². The molecule has 3 heterocycles. The molecule has 1 fully saturated rings. The van der Waals surface area contributed by atoms with Crippen molar-refractivity contribution in [2.75, 3.05) is 25.4 Å². The van der Waals surface area contributed by atoms with E-state index in [0.717, 1.165) is 18.7 Å². The molecule has 1 amide bonds. The van der Waals surface area contributed by atoms with Crippen LogP contribution in [0.4, 0.5) is 0 Å². The molecule has 0 bridgehead atoms. The summed E-state index contributed by atoms with van der Waals surface area (Å²) >= 11 is 3.47. The molecule has 1 aromatic rings. The van der Waals surface area contributed by atoms with E-state index in [1.807, 2.05) is 0 Å². The van der Waals surface area contributed by atoms with Crippen LogP contribution in [0.1, 0.15) is 15.7 Å². The molecule has 1 aromatic heterocycles. The Hall–Kier alpha value is -0.560. The van der Waals surface area contributed by atoms with Crippen LogP contribution in [0, 0.1) is 5.92 Å². The topological polar surface area (TPSA) is 61.4 Å². The van der Waals surface area contributed by atoms with Gasteiger partial charge in [0.2, 0.25) is 5.91 Å². The smallest absolute Gasteiger partial charge is 0.237 e. The van der Waals surface area contributed by atoms with Gasteiger partial charge in [-0.05, 0) is 29.2 Å². The Balaban J connectivity index is 1.59. The molecule has 1 saturated heterocycles. The average molecular weight is 298 g/mol. The van der Waals surface area contributed by atoms with Crippen molar-refractivity contribution < 1.29 is 9.90 Å². The van der Waals surface area contributed by atoms with Gasteiger partial charge in [-0.2, -0.15) is 0 Å². The Morgan fingerprint density at radius 1 is 1.53 bits per heavy atom. The summed E-state index contributed by atoms with van der Waals surface area (Å²) in [7, 11) is 0. The summed E-state index contributed by atoms with van der Waals surface area (Å²) in [5, 5.41) is 17.9. The number of rotatable bonds is 3. The zero-order valence-electron chi connectivity index (χ0n) is 10.6. The quantitative estimate of drug-likeness (QED) is 0.771. The highest BCUT2D eigenvalue weighted by molar-refractivity contribution is 8.00. The van der Waals surface area contributed by atoms with Gasteiger partial charge in [0.15, 0.2) is 0 Å². The maximum Gasteiger partial charge on any atom is 0.237 e. The number of thioether (sulfide) groups is 1. The number of carbonyl (C=O) groups excluding carboxylic acids is 1. The van der Waals surface area contributed by atoms with E-state index >= 15 is 0 Å². The number of nitrogens with one attached hydrogen (secondary N) is 2. The van der Waals surface area contributed by atoms with Crippen LogP contribution in [0.15, 0.2) is 11.4 Å². The molecule has 3 rings (SSSR count). The number of hydrogen-bond donors (Lipinski definition) is 3. The largest absolute Gasteiger partial charge is 0.391 e. The third-order valence-electron chi connectivity index (χ3n) is 3.76. The summed E-state index contributed by atoms with van der Waals surface area (Å²) in [6, 6.07) is 2.07. The fourth-order valence-corrected chi connectivity index (χ4v) is 4.93. The van der Waals surface area contributed by atoms with E-state index in [1.54, 1.807) is 23.1 Å². The first-order valence-electron chi connectivity index (χ1n) is 6.60. The normalized spacial score (nSPS) is 30.1. The van der Waals surface area contributed by atoms with Gasteiger partial charge in [0.1, 0.15) is 5.25 Å². The van der Waals surface area contributed by atoms with E-state index in [2.05, 4.69) is 22.1 Å². The van der Waals surface area contributed by atoms with Gasteiger partial charge >= 0.3 is 0 Å². The average Bonchev–Trinajstić information content (AvgIpc) is 3.04. The van der Waals surface area contributed by atoms with Crippen LogP contribution in [-0.2, 0) is 11.2 Å². The molecule has 6 heteroatoms. The molecular weight excluding hydrogens is 280 g/mol. The summed E-state index contributed by atoms with van der Waals surface area (Å²) in [6.45, 7) is 1.97. The number of aliphatic hydroxyl groups is 1. The molecule has 3 atom stereocenters. The number of aliphatic hydroxyl groups excluding tert-OH is 1. The highest BCUT2D eigenvalue weighted by Crippen LogP contribution is 2.39. The number of β-amino-alcohol motifs (C(OH)–C–C–N with tert-alkyl or cyclic N) is 1. The van der Waals surface area contributed by atoms with Crippen molar-refractivity contribution in [3.8, 4) is 0 Å². The van der Waals surface area contributed by atoms with Crippen molar-refractivity contribution >= 4 is 29.0 Å². The Kier molecular flexibility index (Phi) is 4.12. The lowest BCUT2D eigenvalue weighted by Gasteiger charge is -2.22. The van der Waals surface area contributed by atoms with E-state index in [4.69, 9.17) is 0 Å². The zero-order chi connectivity index (χ0) is 13.2. The number of carbonyl (C=O) groups is 1. The number of fused-ring (bicyclic) bond motifs is 1. The van der Waals surface area contributed by atoms with Gasteiger partial charge in [0.25, 0.3) is 0 Å². The van der Waals surface area contributed by atoms with Crippen LogP contribution in [-0.4, -0.2) is 42.5 Å². The molecule has 3 unspecified atom stereocenters. The lowest BCUT2D eigenvalue weighted by molar-refractivity contribution is -0.120. The minimum Gasteiger partial charge on any atom is -0.391 e. The zero-order valence-corrected chi connectivity index (χ0v) is 12.2. The molecule has 0 spiro atoms. The SMILES string of the molecule is O=C(NCC1CNCC1O)C1SCCc2sccc21. The predicted octanol–water partition coefficient (Wildman–Crippen LogP) is 0.775. The van der Waals surface area contributed by atoms with Crippen LogP contribution >= 0.6 is 23.1 Å². The van der Waals surface area contributed by atoms with Crippen molar-refractivity contribution in [3.05, 3.63) is 21.9 Å². The molecule has 3 N–H and O–H groups in total. The monoisotopic (exact) mass is 298 g/mol. The summed E-state index contributed by atoms with van der Waals surface area (Å²) in [5.41, 5.74) is 1.18. The first-order valence-corrected chi connectivity index (χ1v) is 8.53. The highest BCUT2D eigenvalue weighted by atomic mass is 32.2. The van der Waals surface area contributed by atoms with Crippen LogP contribution in [0.3, 0.4) is 0 Å². The first kappa shape index (κ1) is 13.4. The molecule has 2 aliphatic heterocycles. The summed E-state index contributed by atoms with van der Waals surface area (Å²) in [6.07, 6.45) is 0.739. The molecule has 0 aliphatic carbocycles. The highest BCUT2D eigenvalue weighted by Gasteiger charge is 2.30. The molecule has 19 heavy (non-hydrogen) atoms. The second-order valence-corrected chi connectivity index (χ2v) is 7.24. The van der Waals surface area contributed by atoms with Gasteiger partial charge in [0, 0.05) is 30.4 Å². The maximum atomic E-state index is 12.3. The summed E-state index contributed by atoms with van der Waals surface area (Å²) in [5.74, 6) is 1.24. The number of thiophene rings is 1. The maximum absolute atomic E-state index is 12.3. The fraction of sp³-hybridized carbons (Fsp3) is 0.615. The van der Waals surface area contributed by atoms with E-state index in [1.165, 1.54) is 10.4 Å². The number of aryl methyl sites for hydroxylation is 1. The Morgan fingerprint density at radius 2 is 2.42 bits per heavy atom. The van der Waals surface area contributed by atoms with Crippen molar-refractivity contribution in [1.29, 1.82) is 0 Å². The Morgan fingerprint density at radius 3 is 3.21 bits per heavy atom. The molecular formula is C13H18N2O2S2. The van der Waals surface area contributed by atoms with Gasteiger partial charge in [-0.15, -0.1) is 23.1 Å². The van der Waals surface area contributed by atoms with E-state index in [0.29, 0.717) is 13.1 Å². The van der Waals surface area contributed by atoms with Crippen molar-refractivity contribution in [3.63, 3.8) is 0 Å². The molecule has 0 radical (unpaired) electrons. The summed E-state index contributed by atoms with van der Waals surface area (Å²) in [4.78, 5) is 13.6.